The molecule has 1 N–H and O–H groups in total. The summed E-state index contributed by atoms with van der Waals surface area (Å²) < 4.78 is 18.1. The molecule has 2 rings (SSSR count). The van der Waals surface area contributed by atoms with Crippen molar-refractivity contribution in [3.8, 4) is 0 Å². The molecule has 0 spiro atoms. The fourth-order valence-electron chi connectivity index (χ4n) is 1.84. The van der Waals surface area contributed by atoms with Gasteiger partial charge in [0, 0.05) is 6.42 Å². The normalized spacial score (nSPS) is 23.7. The van der Waals surface area contributed by atoms with E-state index in [9.17, 15) is 9.18 Å². The molecule has 1 heterocycles. The minimum absolute atomic E-state index is 0.310. The molecule has 1 amide bonds. The number of halogens is 1. The smallest absolute Gasteiger partial charge is 0.408 e. The molecule has 16 heavy (non-hydrogen) atoms. The summed E-state index contributed by atoms with van der Waals surface area (Å²) in [6.45, 7) is 4.02. The molecule has 0 saturated carbocycles. The molecule has 0 aliphatic carbocycles. The molecule has 1 unspecified atom stereocenters. The number of carbonyl (C=O) groups is 1. The lowest BCUT2D eigenvalue weighted by atomic mass is 9.90. The van der Waals surface area contributed by atoms with Gasteiger partial charge in [-0.05, 0) is 17.7 Å². The quantitative estimate of drug-likeness (QED) is 0.795. The predicted octanol–water partition coefficient (Wildman–Crippen LogP) is 2.34. The van der Waals surface area contributed by atoms with E-state index in [4.69, 9.17) is 4.74 Å². The van der Waals surface area contributed by atoms with Crippen LogP contribution in [0.1, 0.15) is 12.0 Å². The summed E-state index contributed by atoms with van der Waals surface area (Å²) in [6.07, 6.45) is 1.73. The van der Waals surface area contributed by atoms with E-state index in [1.165, 1.54) is 12.1 Å². The highest BCUT2D eigenvalue weighted by atomic mass is 19.1. The summed E-state index contributed by atoms with van der Waals surface area (Å²) in [6, 6.07) is 5.96. The second kappa shape index (κ2) is 3.96. The largest absolute Gasteiger partial charge is 0.436 e. The third-order valence-electron chi connectivity index (χ3n) is 2.65. The van der Waals surface area contributed by atoms with Crippen LogP contribution < -0.4 is 5.32 Å². The predicted molar refractivity (Wildman–Crippen MR) is 57.4 cm³/mol. The van der Waals surface area contributed by atoms with Gasteiger partial charge in [-0.15, -0.1) is 6.58 Å². The fourth-order valence-corrected chi connectivity index (χ4v) is 1.84. The fraction of sp³-hybridized carbons (Fsp3) is 0.250. The lowest BCUT2D eigenvalue weighted by Crippen LogP contribution is -2.29. The van der Waals surface area contributed by atoms with Crippen LogP contribution in [-0.4, -0.2) is 12.6 Å². The average molecular weight is 221 g/mol. The Labute approximate surface area is 92.9 Å². The maximum atomic E-state index is 12.8. The van der Waals surface area contributed by atoms with E-state index >= 15 is 0 Å². The van der Waals surface area contributed by atoms with E-state index in [0.29, 0.717) is 13.0 Å². The molecule has 0 radical (unpaired) electrons. The Balaban J connectivity index is 2.35. The van der Waals surface area contributed by atoms with Crippen molar-refractivity contribution >= 4 is 6.09 Å². The van der Waals surface area contributed by atoms with Crippen LogP contribution in [0.5, 0.6) is 0 Å². The molecule has 3 nitrogen and oxygen atoms in total. The van der Waals surface area contributed by atoms with Crippen molar-refractivity contribution in [2.45, 2.75) is 12.0 Å². The van der Waals surface area contributed by atoms with Crippen LogP contribution in [0, 0.1) is 5.82 Å². The van der Waals surface area contributed by atoms with Gasteiger partial charge in [0.2, 0.25) is 0 Å². The van der Waals surface area contributed by atoms with Gasteiger partial charge in [-0.1, -0.05) is 18.2 Å². The van der Waals surface area contributed by atoms with Crippen LogP contribution in [-0.2, 0) is 10.3 Å². The number of nitrogens with one attached hydrogen (secondary N) is 1. The van der Waals surface area contributed by atoms with Crippen molar-refractivity contribution in [2.24, 2.45) is 0 Å². The summed E-state index contributed by atoms with van der Waals surface area (Å²) >= 11 is 0. The van der Waals surface area contributed by atoms with Crippen LogP contribution in [0.4, 0.5) is 9.18 Å². The van der Waals surface area contributed by atoms with Crippen molar-refractivity contribution in [1.29, 1.82) is 0 Å². The highest BCUT2D eigenvalue weighted by Gasteiger charge is 2.40. The first-order valence-electron chi connectivity index (χ1n) is 5.00. The molecule has 1 aromatic carbocycles. The first kappa shape index (κ1) is 10.7. The number of cyclic esters (lactones) is 1. The zero-order valence-electron chi connectivity index (χ0n) is 8.70. The molecule has 1 atom stereocenters. The number of amides is 1. The molecular weight excluding hydrogens is 209 g/mol. The van der Waals surface area contributed by atoms with E-state index in [-0.39, 0.29) is 5.82 Å². The summed E-state index contributed by atoms with van der Waals surface area (Å²) in [5.41, 5.74) is 0.0270. The van der Waals surface area contributed by atoms with Gasteiger partial charge in [0.15, 0.2) is 5.60 Å². The SMILES string of the molecule is C=CCC1(c2ccc(F)cc2)CNC(=O)O1. The van der Waals surface area contributed by atoms with E-state index < -0.39 is 11.7 Å². The Kier molecular flexibility index (Phi) is 2.64. The van der Waals surface area contributed by atoms with Crippen molar-refractivity contribution in [3.63, 3.8) is 0 Å². The number of alkyl carbamates (subject to hydrolysis) is 1. The van der Waals surface area contributed by atoms with Crippen LogP contribution in [0.15, 0.2) is 36.9 Å². The van der Waals surface area contributed by atoms with Crippen molar-refractivity contribution in [3.05, 3.63) is 48.3 Å². The Morgan fingerprint density at radius 1 is 1.50 bits per heavy atom. The lowest BCUT2D eigenvalue weighted by Gasteiger charge is -2.25. The molecule has 1 fully saturated rings. The van der Waals surface area contributed by atoms with Gasteiger partial charge in [-0.3, -0.25) is 0 Å². The molecule has 1 aromatic rings. The summed E-state index contributed by atoms with van der Waals surface area (Å²) in [5.74, 6) is -0.310. The first-order chi connectivity index (χ1) is 7.66. The molecule has 1 aliphatic rings. The van der Waals surface area contributed by atoms with E-state index in [0.717, 1.165) is 5.56 Å². The maximum Gasteiger partial charge on any atom is 0.408 e. The third kappa shape index (κ3) is 1.78. The zero-order valence-corrected chi connectivity index (χ0v) is 8.70. The molecule has 1 saturated heterocycles. The number of rotatable bonds is 3. The van der Waals surface area contributed by atoms with Gasteiger partial charge < -0.3 is 10.1 Å². The van der Waals surface area contributed by atoms with Gasteiger partial charge in [-0.25, -0.2) is 9.18 Å². The molecule has 84 valence electrons. The minimum Gasteiger partial charge on any atom is -0.436 e. The number of carbonyl (C=O) groups excluding carboxylic acids is 1. The van der Waals surface area contributed by atoms with E-state index in [2.05, 4.69) is 11.9 Å². The van der Waals surface area contributed by atoms with Gasteiger partial charge >= 0.3 is 6.09 Å². The molecule has 1 aliphatic heterocycles. The Morgan fingerprint density at radius 3 is 2.69 bits per heavy atom. The van der Waals surface area contributed by atoms with Gasteiger partial charge in [0.1, 0.15) is 5.82 Å². The molecule has 0 bridgehead atoms. The average Bonchev–Trinajstić information content (AvgIpc) is 2.63. The second-order valence-electron chi connectivity index (χ2n) is 3.74. The van der Waals surface area contributed by atoms with Crippen LogP contribution >= 0.6 is 0 Å². The number of hydrogen-bond acceptors (Lipinski definition) is 2. The highest BCUT2D eigenvalue weighted by Crippen LogP contribution is 2.32. The van der Waals surface area contributed by atoms with Crippen LogP contribution in [0.25, 0.3) is 0 Å². The number of hydrogen-bond donors (Lipinski definition) is 1. The topological polar surface area (TPSA) is 38.3 Å². The zero-order chi connectivity index (χ0) is 11.6. The van der Waals surface area contributed by atoms with Crippen molar-refractivity contribution < 1.29 is 13.9 Å². The Bertz CT molecular complexity index is 416. The lowest BCUT2D eigenvalue weighted by molar-refractivity contribution is 0.0569. The standard InChI is InChI=1S/C12H12FNO2/c1-2-7-12(8-14-11(15)16-12)9-3-5-10(13)6-4-9/h2-6H,1,7-8H2,(H,14,15). The molecule has 0 aromatic heterocycles. The summed E-state index contributed by atoms with van der Waals surface area (Å²) in [4.78, 5) is 11.1. The molecular formula is C12H12FNO2. The van der Waals surface area contributed by atoms with Crippen molar-refractivity contribution in [1.82, 2.24) is 5.32 Å². The van der Waals surface area contributed by atoms with Gasteiger partial charge in [0.05, 0.1) is 6.54 Å². The van der Waals surface area contributed by atoms with Gasteiger partial charge in [-0.2, -0.15) is 0 Å². The summed E-state index contributed by atoms with van der Waals surface area (Å²) in [5, 5.41) is 2.61. The Morgan fingerprint density at radius 2 is 2.19 bits per heavy atom. The monoisotopic (exact) mass is 221 g/mol. The van der Waals surface area contributed by atoms with Crippen LogP contribution in [0.2, 0.25) is 0 Å². The van der Waals surface area contributed by atoms with Crippen molar-refractivity contribution in [2.75, 3.05) is 6.54 Å². The second-order valence-corrected chi connectivity index (χ2v) is 3.74. The Hall–Kier alpha value is -1.84. The maximum absolute atomic E-state index is 12.8. The molecule has 4 heteroatoms. The number of ether oxygens (including phenoxy) is 1. The van der Waals surface area contributed by atoms with E-state index in [1.54, 1.807) is 18.2 Å². The highest BCUT2D eigenvalue weighted by molar-refractivity contribution is 5.70. The number of benzene rings is 1. The van der Waals surface area contributed by atoms with Gasteiger partial charge in [0.25, 0.3) is 0 Å². The minimum atomic E-state index is -0.744. The van der Waals surface area contributed by atoms with Crippen LogP contribution in [0.3, 0.4) is 0 Å². The first-order valence-corrected chi connectivity index (χ1v) is 5.00. The van der Waals surface area contributed by atoms with E-state index in [1.807, 2.05) is 0 Å². The summed E-state index contributed by atoms with van der Waals surface area (Å²) in [7, 11) is 0. The third-order valence-corrected chi connectivity index (χ3v) is 2.65.